The minimum absolute atomic E-state index is 0.0365. The standard InChI is InChI=1S/C13H17FN2O3S2/c14-13(12(17)15-10-3-4-10)5-7-16(8-6-13)21(18,19)11-2-1-9-20-11/h1-2,9-10H,3-8H2,(H,15,17). The number of thiophene rings is 1. The Kier molecular flexibility index (Phi) is 3.79. The number of carbonyl (C=O) groups is 1. The highest BCUT2D eigenvalue weighted by Gasteiger charge is 2.45. The van der Waals surface area contributed by atoms with E-state index >= 15 is 0 Å². The Balaban J connectivity index is 1.65. The van der Waals surface area contributed by atoms with Crippen LogP contribution in [0.4, 0.5) is 4.39 Å². The molecule has 1 aliphatic carbocycles. The number of hydrogen-bond acceptors (Lipinski definition) is 4. The normalized spacial score (nSPS) is 22.9. The molecule has 1 amide bonds. The molecule has 0 radical (unpaired) electrons. The largest absolute Gasteiger partial charge is 0.351 e. The third-order valence-corrected chi connectivity index (χ3v) is 7.20. The lowest BCUT2D eigenvalue weighted by Gasteiger charge is -2.34. The molecule has 1 aliphatic heterocycles. The summed E-state index contributed by atoms with van der Waals surface area (Å²) < 4.78 is 40.8. The highest BCUT2D eigenvalue weighted by atomic mass is 32.2. The quantitative estimate of drug-likeness (QED) is 0.909. The van der Waals surface area contributed by atoms with Crippen LogP contribution in [0.1, 0.15) is 25.7 Å². The molecule has 2 heterocycles. The van der Waals surface area contributed by atoms with Crippen LogP contribution >= 0.6 is 11.3 Å². The van der Waals surface area contributed by atoms with Gasteiger partial charge in [-0.25, -0.2) is 12.8 Å². The van der Waals surface area contributed by atoms with Crippen LogP contribution in [0, 0.1) is 0 Å². The topological polar surface area (TPSA) is 66.5 Å². The van der Waals surface area contributed by atoms with Crippen molar-refractivity contribution in [2.75, 3.05) is 13.1 Å². The Labute approximate surface area is 127 Å². The summed E-state index contributed by atoms with van der Waals surface area (Å²) in [5, 5.41) is 4.36. The van der Waals surface area contributed by atoms with Gasteiger partial charge in [0.25, 0.3) is 15.9 Å². The number of sulfonamides is 1. The van der Waals surface area contributed by atoms with Crippen LogP contribution in [0.5, 0.6) is 0 Å². The first kappa shape index (κ1) is 14.9. The second-order valence-electron chi connectivity index (χ2n) is 5.55. The van der Waals surface area contributed by atoms with Crippen LogP contribution < -0.4 is 5.32 Å². The maximum Gasteiger partial charge on any atom is 0.257 e. The Morgan fingerprint density at radius 3 is 2.57 bits per heavy atom. The van der Waals surface area contributed by atoms with Crippen LogP contribution in [0.25, 0.3) is 0 Å². The van der Waals surface area contributed by atoms with Crippen molar-refractivity contribution in [2.24, 2.45) is 0 Å². The average Bonchev–Trinajstić information content (AvgIpc) is 3.08. The molecule has 1 saturated carbocycles. The molecule has 2 fully saturated rings. The van der Waals surface area contributed by atoms with Gasteiger partial charge in [-0.2, -0.15) is 4.31 Å². The number of halogens is 1. The monoisotopic (exact) mass is 332 g/mol. The summed E-state index contributed by atoms with van der Waals surface area (Å²) >= 11 is 1.14. The predicted molar refractivity (Wildman–Crippen MR) is 77.3 cm³/mol. The van der Waals surface area contributed by atoms with Crippen LogP contribution in [0.3, 0.4) is 0 Å². The maximum atomic E-state index is 14.6. The number of amides is 1. The number of alkyl halides is 1. The third-order valence-electron chi connectivity index (χ3n) is 3.92. The first-order valence-electron chi connectivity index (χ1n) is 6.95. The molecule has 0 spiro atoms. The summed E-state index contributed by atoms with van der Waals surface area (Å²) in [5.41, 5.74) is -1.94. The van der Waals surface area contributed by atoms with Gasteiger partial charge in [-0.05, 0) is 24.3 Å². The summed E-state index contributed by atoms with van der Waals surface area (Å²) in [7, 11) is -3.55. The molecule has 3 rings (SSSR count). The lowest BCUT2D eigenvalue weighted by Crippen LogP contribution is -2.52. The Morgan fingerprint density at radius 2 is 2.05 bits per heavy atom. The van der Waals surface area contributed by atoms with E-state index in [1.165, 1.54) is 10.4 Å². The molecule has 1 N–H and O–H groups in total. The number of carbonyl (C=O) groups excluding carboxylic acids is 1. The number of hydrogen-bond donors (Lipinski definition) is 1. The summed E-state index contributed by atoms with van der Waals surface area (Å²) in [4.78, 5) is 11.9. The maximum absolute atomic E-state index is 14.6. The van der Waals surface area contributed by atoms with Gasteiger partial charge in [0, 0.05) is 32.0 Å². The van der Waals surface area contributed by atoms with Crippen molar-refractivity contribution in [2.45, 2.75) is 41.6 Å². The molecule has 116 valence electrons. The van der Waals surface area contributed by atoms with Gasteiger partial charge < -0.3 is 5.32 Å². The smallest absolute Gasteiger partial charge is 0.257 e. The average molecular weight is 332 g/mol. The fourth-order valence-corrected chi connectivity index (χ4v) is 4.97. The van der Waals surface area contributed by atoms with Gasteiger partial charge in [0.2, 0.25) is 0 Å². The van der Waals surface area contributed by atoms with E-state index in [9.17, 15) is 17.6 Å². The molecule has 0 bridgehead atoms. The molecular formula is C13H17FN2O3S2. The van der Waals surface area contributed by atoms with Gasteiger partial charge in [0.1, 0.15) is 4.21 Å². The van der Waals surface area contributed by atoms with Crippen molar-refractivity contribution in [1.29, 1.82) is 0 Å². The van der Waals surface area contributed by atoms with Gasteiger partial charge in [0.15, 0.2) is 5.67 Å². The molecule has 1 aromatic heterocycles. The van der Waals surface area contributed by atoms with E-state index in [4.69, 9.17) is 0 Å². The SMILES string of the molecule is O=C(NC1CC1)C1(F)CCN(S(=O)(=O)c2cccs2)CC1. The Bertz CT molecular complexity index is 618. The fourth-order valence-electron chi connectivity index (χ4n) is 2.39. The third kappa shape index (κ3) is 2.97. The lowest BCUT2D eigenvalue weighted by molar-refractivity contribution is -0.135. The van der Waals surface area contributed by atoms with Crippen LogP contribution in [-0.2, 0) is 14.8 Å². The van der Waals surface area contributed by atoms with Crippen molar-refractivity contribution < 1.29 is 17.6 Å². The summed E-state index contributed by atoms with van der Waals surface area (Å²) in [6, 6.07) is 3.32. The van der Waals surface area contributed by atoms with E-state index in [2.05, 4.69) is 5.32 Å². The Morgan fingerprint density at radius 1 is 1.38 bits per heavy atom. The van der Waals surface area contributed by atoms with E-state index in [1.54, 1.807) is 11.4 Å². The van der Waals surface area contributed by atoms with Gasteiger partial charge >= 0.3 is 0 Å². The van der Waals surface area contributed by atoms with Crippen molar-refractivity contribution in [3.05, 3.63) is 17.5 Å². The van der Waals surface area contributed by atoms with E-state index < -0.39 is 21.6 Å². The number of nitrogens with one attached hydrogen (secondary N) is 1. The minimum atomic E-state index is -3.55. The molecule has 5 nitrogen and oxygen atoms in total. The number of nitrogens with zero attached hydrogens (tertiary/aromatic N) is 1. The zero-order chi connectivity index (χ0) is 15.1. The van der Waals surface area contributed by atoms with Gasteiger partial charge in [-0.1, -0.05) is 6.07 Å². The molecular weight excluding hydrogens is 315 g/mol. The van der Waals surface area contributed by atoms with Crippen molar-refractivity contribution in [3.63, 3.8) is 0 Å². The first-order valence-corrected chi connectivity index (χ1v) is 9.27. The molecule has 0 unspecified atom stereocenters. The molecule has 21 heavy (non-hydrogen) atoms. The van der Waals surface area contributed by atoms with E-state index in [1.807, 2.05) is 0 Å². The predicted octanol–water partition coefficient (Wildman–Crippen LogP) is 1.52. The second-order valence-corrected chi connectivity index (χ2v) is 8.66. The zero-order valence-electron chi connectivity index (χ0n) is 11.4. The van der Waals surface area contributed by atoms with Crippen molar-refractivity contribution in [1.82, 2.24) is 9.62 Å². The molecule has 1 aromatic rings. The molecule has 8 heteroatoms. The first-order chi connectivity index (χ1) is 9.92. The van der Waals surface area contributed by atoms with Crippen molar-refractivity contribution >= 4 is 27.3 Å². The minimum Gasteiger partial charge on any atom is -0.351 e. The fraction of sp³-hybridized carbons (Fsp3) is 0.615. The van der Waals surface area contributed by atoms with E-state index in [0.29, 0.717) is 0 Å². The highest BCUT2D eigenvalue weighted by molar-refractivity contribution is 7.91. The molecule has 2 aliphatic rings. The molecule has 0 atom stereocenters. The van der Waals surface area contributed by atoms with Gasteiger partial charge in [0.05, 0.1) is 0 Å². The lowest BCUT2D eigenvalue weighted by atomic mass is 9.93. The number of rotatable bonds is 4. The number of piperidine rings is 1. The molecule has 1 saturated heterocycles. The van der Waals surface area contributed by atoms with Crippen LogP contribution in [0.2, 0.25) is 0 Å². The van der Waals surface area contributed by atoms with E-state index in [0.717, 1.165) is 24.2 Å². The summed E-state index contributed by atoms with van der Waals surface area (Å²) in [5.74, 6) is -0.585. The highest BCUT2D eigenvalue weighted by Crippen LogP contribution is 2.32. The summed E-state index contributed by atoms with van der Waals surface area (Å²) in [6.45, 7) is 0.0731. The van der Waals surface area contributed by atoms with Crippen molar-refractivity contribution in [3.8, 4) is 0 Å². The zero-order valence-corrected chi connectivity index (χ0v) is 13.1. The second kappa shape index (κ2) is 5.33. The summed E-state index contributed by atoms with van der Waals surface area (Å²) in [6.07, 6.45) is 1.63. The van der Waals surface area contributed by atoms with Crippen LogP contribution in [0.15, 0.2) is 21.7 Å². The van der Waals surface area contributed by atoms with Gasteiger partial charge in [-0.15, -0.1) is 11.3 Å². The Hall–Kier alpha value is -0.990. The molecule has 0 aromatic carbocycles. The van der Waals surface area contributed by atoms with Gasteiger partial charge in [-0.3, -0.25) is 4.79 Å². The van der Waals surface area contributed by atoms with E-state index in [-0.39, 0.29) is 36.2 Å². The van der Waals surface area contributed by atoms with Crippen LogP contribution in [-0.4, -0.2) is 43.4 Å².